The van der Waals surface area contributed by atoms with Gasteiger partial charge in [-0.05, 0) is 41.7 Å². The number of nitrogens with two attached hydrogens (primary N) is 1. The minimum atomic E-state index is -0.0987. The van der Waals surface area contributed by atoms with Crippen LogP contribution in [0.25, 0.3) is 22.2 Å². The van der Waals surface area contributed by atoms with E-state index >= 15 is 0 Å². The highest BCUT2D eigenvalue weighted by Gasteiger charge is 2.39. The van der Waals surface area contributed by atoms with Gasteiger partial charge in [0.2, 0.25) is 0 Å². The van der Waals surface area contributed by atoms with Crippen LogP contribution in [-0.2, 0) is 5.54 Å². The van der Waals surface area contributed by atoms with Gasteiger partial charge >= 0.3 is 0 Å². The third-order valence-corrected chi connectivity index (χ3v) is 3.89. The third kappa shape index (κ3) is 1.64. The first-order valence-electron chi connectivity index (χ1n) is 6.44. The molecule has 3 N–H and O–H groups in total. The summed E-state index contributed by atoms with van der Waals surface area (Å²) in [5.41, 5.74) is 10.5. The summed E-state index contributed by atoms with van der Waals surface area (Å²) in [5, 5.41) is 8.00. The average molecular weight is 250 g/mol. The number of nitrogens with zero attached hydrogens (tertiary/aromatic N) is 2. The lowest BCUT2D eigenvalue weighted by Crippen LogP contribution is -2.18. The van der Waals surface area contributed by atoms with Crippen molar-refractivity contribution in [2.24, 2.45) is 5.73 Å². The number of fused-ring (bicyclic) bond motifs is 1. The molecule has 0 saturated heterocycles. The maximum Gasteiger partial charge on any atom is 0.155 e. The molecule has 2 heterocycles. The van der Waals surface area contributed by atoms with Gasteiger partial charge in [0.05, 0.1) is 6.20 Å². The molecule has 1 aliphatic rings. The molecule has 19 heavy (non-hydrogen) atoms. The van der Waals surface area contributed by atoms with Gasteiger partial charge < -0.3 is 5.73 Å². The molecule has 4 rings (SSSR count). The Hall–Kier alpha value is -2.20. The second-order valence-corrected chi connectivity index (χ2v) is 5.23. The SMILES string of the molecule is NC1(c2cccc(-c3ccnc4[nH]ncc34)c2)CC1. The molecule has 0 amide bonds. The minimum Gasteiger partial charge on any atom is -0.321 e. The van der Waals surface area contributed by atoms with E-state index < -0.39 is 0 Å². The Bertz CT molecular complexity index is 755. The van der Waals surface area contributed by atoms with Crippen LogP contribution < -0.4 is 5.73 Å². The van der Waals surface area contributed by atoms with Gasteiger partial charge in [-0.2, -0.15) is 5.10 Å². The van der Waals surface area contributed by atoms with Gasteiger partial charge in [0.1, 0.15) is 0 Å². The lowest BCUT2D eigenvalue weighted by molar-refractivity contribution is 0.740. The molecule has 0 unspecified atom stereocenters. The van der Waals surface area contributed by atoms with Crippen LogP contribution in [0.2, 0.25) is 0 Å². The van der Waals surface area contributed by atoms with Crippen LogP contribution in [0.15, 0.2) is 42.7 Å². The molecular weight excluding hydrogens is 236 g/mol. The van der Waals surface area contributed by atoms with Crippen molar-refractivity contribution < 1.29 is 0 Å². The first-order valence-corrected chi connectivity index (χ1v) is 6.44. The Labute approximate surface area is 110 Å². The Morgan fingerprint density at radius 1 is 1.21 bits per heavy atom. The second kappa shape index (κ2) is 3.65. The van der Waals surface area contributed by atoms with Crippen molar-refractivity contribution in [3.63, 3.8) is 0 Å². The van der Waals surface area contributed by atoms with Gasteiger partial charge in [0, 0.05) is 17.1 Å². The summed E-state index contributed by atoms with van der Waals surface area (Å²) in [4.78, 5) is 4.27. The van der Waals surface area contributed by atoms with E-state index in [2.05, 4.69) is 39.4 Å². The predicted octanol–water partition coefficient (Wildman–Crippen LogP) is 2.57. The summed E-state index contributed by atoms with van der Waals surface area (Å²) in [6, 6.07) is 10.5. The van der Waals surface area contributed by atoms with Gasteiger partial charge in [-0.25, -0.2) is 4.98 Å². The molecule has 0 aliphatic heterocycles. The number of aromatic amines is 1. The smallest absolute Gasteiger partial charge is 0.155 e. The zero-order valence-corrected chi connectivity index (χ0v) is 10.4. The van der Waals surface area contributed by atoms with Crippen molar-refractivity contribution in [3.05, 3.63) is 48.3 Å². The van der Waals surface area contributed by atoms with Gasteiger partial charge in [0.25, 0.3) is 0 Å². The summed E-state index contributed by atoms with van der Waals surface area (Å²) in [5.74, 6) is 0. The Morgan fingerprint density at radius 3 is 2.95 bits per heavy atom. The standard InChI is InChI=1S/C15H14N4/c16-15(5-6-15)11-3-1-2-10(8-11)12-4-7-17-14-13(12)9-18-19-14/h1-4,7-9H,5-6,16H2,(H,17,18,19). The largest absolute Gasteiger partial charge is 0.321 e. The highest BCUT2D eigenvalue weighted by molar-refractivity contribution is 5.92. The van der Waals surface area contributed by atoms with Crippen LogP contribution in [0.5, 0.6) is 0 Å². The van der Waals surface area contributed by atoms with E-state index in [0.717, 1.165) is 29.4 Å². The fraction of sp³-hybridized carbons (Fsp3) is 0.200. The van der Waals surface area contributed by atoms with Crippen LogP contribution in [0.4, 0.5) is 0 Å². The normalized spacial score (nSPS) is 16.7. The summed E-state index contributed by atoms with van der Waals surface area (Å²) in [6.45, 7) is 0. The fourth-order valence-electron chi connectivity index (χ4n) is 2.52. The van der Waals surface area contributed by atoms with Gasteiger partial charge in [-0.15, -0.1) is 0 Å². The zero-order chi connectivity index (χ0) is 12.9. The van der Waals surface area contributed by atoms with Gasteiger partial charge in [-0.1, -0.05) is 18.2 Å². The number of nitrogens with one attached hydrogen (secondary N) is 1. The second-order valence-electron chi connectivity index (χ2n) is 5.23. The average Bonchev–Trinajstić information content (AvgIpc) is 3.03. The van der Waals surface area contributed by atoms with Crippen molar-refractivity contribution in [1.82, 2.24) is 15.2 Å². The number of H-pyrrole nitrogens is 1. The number of hydrogen-bond donors (Lipinski definition) is 2. The Balaban J connectivity index is 1.90. The molecule has 0 radical (unpaired) electrons. The number of aromatic nitrogens is 3. The van der Waals surface area contributed by atoms with E-state index in [1.54, 1.807) is 6.20 Å². The van der Waals surface area contributed by atoms with Gasteiger partial charge in [0.15, 0.2) is 5.65 Å². The number of rotatable bonds is 2. The van der Waals surface area contributed by atoms with E-state index in [-0.39, 0.29) is 5.54 Å². The van der Waals surface area contributed by atoms with Crippen LogP contribution in [0, 0.1) is 0 Å². The van der Waals surface area contributed by atoms with Crippen LogP contribution >= 0.6 is 0 Å². The molecule has 4 heteroatoms. The van der Waals surface area contributed by atoms with Gasteiger partial charge in [-0.3, -0.25) is 5.10 Å². The maximum absolute atomic E-state index is 6.28. The van der Waals surface area contributed by atoms with E-state index in [1.807, 2.05) is 12.3 Å². The van der Waals surface area contributed by atoms with Crippen LogP contribution in [0.3, 0.4) is 0 Å². The highest BCUT2D eigenvalue weighted by Crippen LogP contribution is 2.43. The third-order valence-electron chi connectivity index (χ3n) is 3.89. The first-order chi connectivity index (χ1) is 9.26. The Morgan fingerprint density at radius 2 is 2.11 bits per heavy atom. The molecule has 94 valence electrons. The summed E-state index contributed by atoms with van der Waals surface area (Å²) in [7, 11) is 0. The quantitative estimate of drug-likeness (QED) is 0.734. The van der Waals surface area contributed by atoms with E-state index in [0.29, 0.717) is 0 Å². The molecule has 0 spiro atoms. The fourth-order valence-corrected chi connectivity index (χ4v) is 2.52. The molecule has 0 bridgehead atoms. The molecule has 1 aromatic carbocycles. The monoisotopic (exact) mass is 250 g/mol. The first kappa shape index (κ1) is 10.7. The lowest BCUT2D eigenvalue weighted by atomic mass is 9.98. The summed E-state index contributed by atoms with van der Waals surface area (Å²) >= 11 is 0. The summed E-state index contributed by atoms with van der Waals surface area (Å²) < 4.78 is 0. The molecule has 2 aromatic heterocycles. The highest BCUT2D eigenvalue weighted by atomic mass is 15.1. The molecular formula is C15H14N4. The molecule has 3 aromatic rings. The lowest BCUT2D eigenvalue weighted by Gasteiger charge is -2.11. The minimum absolute atomic E-state index is 0.0987. The van der Waals surface area contributed by atoms with E-state index in [1.165, 1.54) is 11.1 Å². The van der Waals surface area contributed by atoms with E-state index in [9.17, 15) is 0 Å². The molecule has 1 fully saturated rings. The van der Waals surface area contributed by atoms with Crippen LogP contribution in [-0.4, -0.2) is 15.2 Å². The Kier molecular flexibility index (Phi) is 2.05. The summed E-state index contributed by atoms with van der Waals surface area (Å²) in [6.07, 6.45) is 5.78. The van der Waals surface area contributed by atoms with Crippen molar-refractivity contribution in [2.75, 3.05) is 0 Å². The van der Waals surface area contributed by atoms with E-state index in [4.69, 9.17) is 5.73 Å². The van der Waals surface area contributed by atoms with Crippen molar-refractivity contribution in [1.29, 1.82) is 0 Å². The van der Waals surface area contributed by atoms with Crippen LogP contribution in [0.1, 0.15) is 18.4 Å². The number of pyridine rings is 1. The predicted molar refractivity (Wildman–Crippen MR) is 74.4 cm³/mol. The number of hydrogen-bond acceptors (Lipinski definition) is 3. The molecule has 1 aliphatic carbocycles. The molecule has 4 nitrogen and oxygen atoms in total. The van der Waals surface area contributed by atoms with Crippen molar-refractivity contribution >= 4 is 11.0 Å². The maximum atomic E-state index is 6.28. The number of benzene rings is 1. The van der Waals surface area contributed by atoms with Crippen molar-refractivity contribution in [3.8, 4) is 11.1 Å². The zero-order valence-electron chi connectivity index (χ0n) is 10.4. The van der Waals surface area contributed by atoms with Crippen molar-refractivity contribution in [2.45, 2.75) is 18.4 Å². The topological polar surface area (TPSA) is 67.6 Å². The molecule has 1 saturated carbocycles. The molecule has 0 atom stereocenters.